The minimum atomic E-state index is 0.531. The lowest BCUT2D eigenvalue weighted by molar-refractivity contribution is 0.580. The van der Waals surface area contributed by atoms with Crippen LogP contribution in [0.1, 0.15) is 57.0 Å². The zero-order valence-corrected chi connectivity index (χ0v) is 9.71. The molecule has 3 nitrogen and oxygen atoms in total. The van der Waals surface area contributed by atoms with Crippen molar-refractivity contribution in [3.63, 3.8) is 0 Å². The second-order valence-electron chi connectivity index (χ2n) is 4.81. The maximum atomic E-state index is 4.48. The van der Waals surface area contributed by atoms with Gasteiger partial charge in [-0.15, -0.1) is 0 Å². The summed E-state index contributed by atoms with van der Waals surface area (Å²) in [6.45, 7) is 5.22. The highest BCUT2D eigenvalue weighted by Crippen LogP contribution is 2.32. The molecule has 1 aromatic rings. The van der Waals surface area contributed by atoms with Crippen molar-refractivity contribution in [2.75, 3.05) is 0 Å². The molecule has 2 N–H and O–H groups in total. The SMILES string of the molecule is CC(C)NCc1cnc(C2CCCC2)[nH]1. The number of rotatable bonds is 4. The van der Waals surface area contributed by atoms with Gasteiger partial charge in [0.1, 0.15) is 5.82 Å². The highest BCUT2D eigenvalue weighted by molar-refractivity contribution is 5.06. The van der Waals surface area contributed by atoms with Gasteiger partial charge in [0.15, 0.2) is 0 Å². The van der Waals surface area contributed by atoms with E-state index >= 15 is 0 Å². The molecule has 15 heavy (non-hydrogen) atoms. The molecule has 0 spiro atoms. The average molecular weight is 207 g/mol. The van der Waals surface area contributed by atoms with Crippen molar-refractivity contribution in [1.82, 2.24) is 15.3 Å². The van der Waals surface area contributed by atoms with Crippen LogP contribution in [0.4, 0.5) is 0 Å². The van der Waals surface area contributed by atoms with E-state index in [9.17, 15) is 0 Å². The molecule has 0 saturated heterocycles. The van der Waals surface area contributed by atoms with Gasteiger partial charge >= 0.3 is 0 Å². The number of H-pyrrole nitrogens is 1. The first-order chi connectivity index (χ1) is 7.25. The van der Waals surface area contributed by atoms with Crippen LogP contribution >= 0.6 is 0 Å². The largest absolute Gasteiger partial charge is 0.345 e. The van der Waals surface area contributed by atoms with E-state index in [-0.39, 0.29) is 0 Å². The van der Waals surface area contributed by atoms with Gasteiger partial charge in [0, 0.05) is 30.4 Å². The van der Waals surface area contributed by atoms with Gasteiger partial charge in [-0.05, 0) is 12.8 Å². The Balaban J connectivity index is 1.91. The zero-order valence-electron chi connectivity index (χ0n) is 9.71. The third-order valence-electron chi connectivity index (χ3n) is 3.09. The molecule has 1 heterocycles. The number of hydrogen-bond donors (Lipinski definition) is 2. The van der Waals surface area contributed by atoms with E-state index in [0.29, 0.717) is 12.0 Å². The van der Waals surface area contributed by atoms with E-state index in [2.05, 4.69) is 29.1 Å². The van der Waals surface area contributed by atoms with Crippen LogP contribution in [0.5, 0.6) is 0 Å². The van der Waals surface area contributed by atoms with Gasteiger partial charge in [-0.1, -0.05) is 26.7 Å². The van der Waals surface area contributed by atoms with Crippen molar-refractivity contribution in [2.24, 2.45) is 0 Å². The first-order valence-corrected chi connectivity index (χ1v) is 6.03. The molecule has 1 fully saturated rings. The summed E-state index contributed by atoms with van der Waals surface area (Å²) in [5, 5.41) is 3.39. The van der Waals surface area contributed by atoms with Crippen molar-refractivity contribution < 1.29 is 0 Å². The molecular formula is C12H21N3. The lowest BCUT2D eigenvalue weighted by atomic mass is 10.1. The summed E-state index contributed by atoms with van der Waals surface area (Å²) in [7, 11) is 0. The lowest BCUT2D eigenvalue weighted by Gasteiger charge is -2.06. The first-order valence-electron chi connectivity index (χ1n) is 6.03. The van der Waals surface area contributed by atoms with Crippen LogP contribution in [-0.4, -0.2) is 16.0 Å². The second kappa shape index (κ2) is 4.79. The van der Waals surface area contributed by atoms with Gasteiger partial charge in [0.25, 0.3) is 0 Å². The lowest BCUT2D eigenvalue weighted by Crippen LogP contribution is -2.21. The molecule has 84 valence electrons. The van der Waals surface area contributed by atoms with E-state index in [1.807, 2.05) is 6.20 Å². The minimum absolute atomic E-state index is 0.531. The molecule has 0 bridgehead atoms. The Hall–Kier alpha value is -0.830. The number of nitrogens with one attached hydrogen (secondary N) is 2. The van der Waals surface area contributed by atoms with Crippen LogP contribution in [0.15, 0.2) is 6.20 Å². The Kier molecular flexibility index (Phi) is 3.41. The Morgan fingerprint density at radius 1 is 1.47 bits per heavy atom. The third kappa shape index (κ3) is 2.81. The maximum Gasteiger partial charge on any atom is 0.109 e. The molecule has 0 aliphatic heterocycles. The monoisotopic (exact) mass is 207 g/mol. The Bertz CT molecular complexity index is 298. The highest BCUT2D eigenvalue weighted by atomic mass is 15.0. The third-order valence-corrected chi connectivity index (χ3v) is 3.09. The molecular weight excluding hydrogens is 186 g/mol. The Morgan fingerprint density at radius 3 is 2.87 bits per heavy atom. The number of imidazole rings is 1. The van der Waals surface area contributed by atoms with Gasteiger partial charge in [-0.3, -0.25) is 0 Å². The van der Waals surface area contributed by atoms with Gasteiger partial charge in [0.2, 0.25) is 0 Å². The summed E-state index contributed by atoms with van der Waals surface area (Å²) in [5.41, 5.74) is 1.21. The van der Waals surface area contributed by atoms with E-state index in [4.69, 9.17) is 0 Å². The van der Waals surface area contributed by atoms with Gasteiger partial charge in [-0.25, -0.2) is 4.98 Å². The summed E-state index contributed by atoms with van der Waals surface area (Å²) in [4.78, 5) is 7.92. The normalized spacial score (nSPS) is 17.8. The zero-order chi connectivity index (χ0) is 10.7. The minimum Gasteiger partial charge on any atom is -0.345 e. The average Bonchev–Trinajstić information content (AvgIpc) is 2.85. The summed E-state index contributed by atoms with van der Waals surface area (Å²) >= 11 is 0. The second-order valence-corrected chi connectivity index (χ2v) is 4.81. The van der Waals surface area contributed by atoms with Crippen LogP contribution in [0.25, 0.3) is 0 Å². The van der Waals surface area contributed by atoms with Crippen LogP contribution in [0, 0.1) is 0 Å². The van der Waals surface area contributed by atoms with E-state index < -0.39 is 0 Å². The van der Waals surface area contributed by atoms with Gasteiger partial charge < -0.3 is 10.3 Å². The molecule has 0 radical (unpaired) electrons. The van der Waals surface area contributed by atoms with Crippen molar-refractivity contribution in [1.29, 1.82) is 0 Å². The van der Waals surface area contributed by atoms with Crippen molar-refractivity contribution in [3.8, 4) is 0 Å². The smallest absolute Gasteiger partial charge is 0.109 e. The Labute approximate surface area is 91.7 Å². The van der Waals surface area contributed by atoms with E-state index in [1.54, 1.807) is 0 Å². The molecule has 0 aromatic carbocycles. The van der Waals surface area contributed by atoms with E-state index in [0.717, 1.165) is 6.54 Å². The highest BCUT2D eigenvalue weighted by Gasteiger charge is 2.19. The summed E-state index contributed by atoms with van der Waals surface area (Å²) in [5.74, 6) is 1.89. The van der Waals surface area contributed by atoms with Crippen LogP contribution in [0.2, 0.25) is 0 Å². The molecule has 2 rings (SSSR count). The van der Waals surface area contributed by atoms with Crippen molar-refractivity contribution in [3.05, 3.63) is 17.7 Å². The first kappa shape index (κ1) is 10.7. The molecule has 0 unspecified atom stereocenters. The molecule has 0 atom stereocenters. The van der Waals surface area contributed by atoms with Gasteiger partial charge in [-0.2, -0.15) is 0 Å². The summed E-state index contributed by atoms with van der Waals surface area (Å²) in [6.07, 6.45) is 7.33. The number of nitrogens with zero attached hydrogens (tertiary/aromatic N) is 1. The topological polar surface area (TPSA) is 40.7 Å². The van der Waals surface area contributed by atoms with Crippen molar-refractivity contribution in [2.45, 2.75) is 58.0 Å². The van der Waals surface area contributed by atoms with Crippen molar-refractivity contribution >= 4 is 0 Å². The number of aromatic amines is 1. The molecule has 0 amide bonds. The summed E-state index contributed by atoms with van der Waals surface area (Å²) < 4.78 is 0. The number of aromatic nitrogens is 2. The number of hydrogen-bond acceptors (Lipinski definition) is 2. The van der Waals surface area contributed by atoms with Crippen LogP contribution < -0.4 is 5.32 Å². The molecule has 1 aliphatic rings. The van der Waals surface area contributed by atoms with Gasteiger partial charge in [0.05, 0.1) is 0 Å². The molecule has 1 aromatic heterocycles. The standard InChI is InChI=1S/C12H21N3/c1-9(2)13-7-11-8-14-12(15-11)10-5-3-4-6-10/h8-10,13H,3-7H2,1-2H3,(H,14,15). The predicted octanol–water partition coefficient (Wildman–Crippen LogP) is 2.57. The fraction of sp³-hybridized carbons (Fsp3) is 0.750. The fourth-order valence-corrected chi connectivity index (χ4v) is 2.19. The van der Waals surface area contributed by atoms with Crippen LogP contribution in [0.3, 0.4) is 0 Å². The predicted molar refractivity (Wildman–Crippen MR) is 61.8 cm³/mol. The fourth-order valence-electron chi connectivity index (χ4n) is 2.19. The van der Waals surface area contributed by atoms with E-state index in [1.165, 1.54) is 37.2 Å². The Morgan fingerprint density at radius 2 is 2.20 bits per heavy atom. The molecule has 1 saturated carbocycles. The quantitative estimate of drug-likeness (QED) is 0.796. The molecule has 3 heteroatoms. The maximum absolute atomic E-state index is 4.48. The molecule has 1 aliphatic carbocycles. The van der Waals surface area contributed by atoms with Crippen LogP contribution in [-0.2, 0) is 6.54 Å². The summed E-state index contributed by atoms with van der Waals surface area (Å²) in [6, 6.07) is 0.531.